The second kappa shape index (κ2) is 7.42. The Morgan fingerprint density at radius 2 is 1.59 bits per heavy atom. The third kappa shape index (κ3) is 4.58. The molecule has 0 aliphatic heterocycles. The maximum Gasteiger partial charge on any atom is 0.416 e. The summed E-state index contributed by atoms with van der Waals surface area (Å²) in [6.07, 6.45) is -3.76. The van der Waals surface area contributed by atoms with Crippen molar-refractivity contribution < 1.29 is 18.3 Å². The predicted octanol–water partition coefficient (Wildman–Crippen LogP) is 3.92. The molecule has 0 aromatic heterocycles. The fourth-order valence-corrected chi connectivity index (χ4v) is 2.25. The van der Waals surface area contributed by atoms with Crippen LogP contribution in [0.4, 0.5) is 13.2 Å². The average Bonchev–Trinajstić information content (AvgIpc) is 2.52. The van der Waals surface area contributed by atoms with Crippen molar-refractivity contribution in [3.05, 3.63) is 71.3 Å². The Hall–Kier alpha value is -1.85. The molecule has 0 saturated heterocycles. The highest BCUT2D eigenvalue weighted by Gasteiger charge is 2.29. The van der Waals surface area contributed by atoms with E-state index in [2.05, 4.69) is 5.32 Å². The molecular formula is C17H18F3NO. The van der Waals surface area contributed by atoms with Crippen molar-refractivity contribution >= 4 is 0 Å². The number of benzene rings is 2. The van der Waals surface area contributed by atoms with Crippen LogP contribution in [0.1, 0.15) is 29.2 Å². The summed E-state index contributed by atoms with van der Waals surface area (Å²) in [7, 11) is 0. The molecule has 22 heavy (non-hydrogen) atoms. The first-order chi connectivity index (χ1) is 10.5. The molecule has 0 fully saturated rings. The Balaban J connectivity index is 2.01. The van der Waals surface area contributed by atoms with Gasteiger partial charge in [0.2, 0.25) is 0 Å². The van der Waals surface area contributed by atoms with Gasteiger partial charge >= 0.3 is 6.18 Å². The molecule has 0 heterocycles. The number of aliphatic hydroxyl groups is 1. The van der Waals surface area contributed by atoms with E-state index in [9.17, 15) is 13.2 Å². The first-order valence-corrected chi connectivity index (χ1v) is 7.06. The number of hydrogen-bond donors (Lipinski definition) is 2. The second-order valence-electron chi connectivity index (χ2n) is 5.05. The summed E-state index contributed by atoms with van der Waals surface area (Å²) in [5, 5.41) is 12.4. The smallest absolute Gasteiger partial charge is 0.396 e. The fraction of sp³-hybridized carbons (Fsp3) is 0.294. The van der Waals surface area contributed by atoms with Crippen molar-refractivity contribution in [3.8, 4) is 0 Å². The van der Waals surface area contributed by atoms with Crippen molar-refractivity contribution in [2.75, 3.05) is 6.61 Å². The number of alkyl halides is 3. The zero-order chi connectivity index (χ0) is 16.0. The number of halogens is 3. The highest BCUT2D eigenvalue weighted by Crippen LogP contribution is 2.29. The third-order valence-corrected chi connectivity index (χ3v) is 3.45. The van der Waals surface area contributed by atoms with Gasteiger partial charge in [-0.15, -0.1) is 0 Å². The monoisotopic (exact) mass is 309 g/mol. The van der Waals surface area contributed by atoms with Crippen LogP contribution < -0.4 is 5.32 Å². The highest BCUT2D eigenvalue weighted by molar-refractivity contribution is 5.25. The maximum atomic E-state index is 12.5. The molecule has 0 aliphatic carbocycles. The van der Waals surface area contributed by atoms with Gasteiger partial charge in [-0.05, 0) is 29.7 Å². The second-order valence-corrected chi connectivity index (χ2v) is 5.05. The molecule has 118 valence electrons. The fourth-order valence-electron chi connectivity index (χ4n) is 2.25. The van der Waals surface area contributed by atoms with Crippen LogP contribution in [0.5, 0.6) is 0 Å². The number of rotatable bonds is 6. The maximum absolute atomic E-state index is 12.5. The number of nitrogens with one attached hydrogen (secondary N) is 1. The largest absolute Gasteiger partial charge is 0.416 e. The highest BCUT2D eigenvalue weighted by atomic mass is 19.4. The van der Waals surface area contributed by atoms with Crippen LogP contribution in [0, 0.1) is 0 Å². The molecule has 2 nitrogen and oxygen atoms in total. The molecule has 5 heteroatoms. The van der Waals surface area contributed by atoms with Crippen molar-refractivity contribution in [1.29, 1.82) is 0 Å². The van der Waals surface area contributed by atoms with E-state index in [-0.39, 0.29) is 12.6 Å². The molecule has 2 aromatic rings. The van der Waals surface area contributed by atoms with E-state index >= 15 is 0 Å². The normalized spacial score (nSPS) is 13.1. The summed E-state index contributed by atoms with van der Waals surface area (Å²) in [5.74, 6) is 0. The molecule has 0 aliphatic rings. The summed E-state index contributed by atoms with van der Waals surface area (Å²) < 4.78 is 37.5. The quantitative estimate of drug-likeness (QED) is 0.847. The van der Waals surface area contributed by atoms with Gasteiger partial charge in [0.25, 0.3) is 0 Å². The standard InChI is InChI=1S/C17H18F3NO/c18-17(19,20)15-8-6-13(7-9-15)12-21-16(10-11-22)14-4-2-1-3-5-14/h1-9,16,21-22H,10-12H2/t16-/m1/s1. The molecule has 0 radical (unpaired) electrons. The van der Waals surface area contributed by atoms with Crippen LogP contribution in [0.25, 0.3) is 0 Å². The molecule has 0 saturated carbocycles. The van der Waals surface area contributed by atoms with Gasteiger partial charge in [-0.25, -0.2) is 0 Å². The van der Waals surface area contributed by atoms with E-state index in [0.29, 0.717) is 13.0 Å². The zero-order valence-electron chi connectivity index (χ0n) is 12.0. The van der Waals surface area contributed by atoms with Crippen molar-refractivity contribution in [1.82, 2.24) is 5.32 Å². The predicted molar refractivity (Wildman–Crippen MR) is 79.2 cm³/mol. The minimum Gasteiger partial charge on any atom is -0.396 e. The molecule has 2 rings (SSSR count). The van der Waals surface area contributed by atoms with Gasteiger partial charge in [-0.1, -0.05) is 42.5 Å². The lowest BCUT2D eigenvalue weighted by Crippen LogP contribution is -2.22. The minimum atomic E-state index is -4.31. The van der Waals surface area contributed by atoms with Gasteiger partial charge in [0, 0.05) is 19.2 Å². The molecule has 0 unspecified atom stereocenters. The van der Waals surface area contributed by atoms with Crippen LogP contribution in [0.15, 0.2) is 54.6 Å². The molecule has 2 N–H and O–H groups in total. The van der Waals surface area contributed by atoms with E-state index in [1.807, 2.05) is 30.3 Å². The first kappa shape index (κ1) is 16.5. The van der Waals surface area contributed by atoms with E-state index in [0.717, 1.165) is 23.3 Å². The summed E-state index contributed by atoms with van der Waals surface area (Å²) in [6.45, 7) is 0.483. The number of hydrogen-bond acceptors (Lipinski definition) is 2. The van der Waals surface area contributed by atoms with E-state index in [4.69, 9.17) is 5.11 Å². The van der Waals surface area contributed by atoms with Crippen molar-refractivity contribution in [2.24, 2.45) is 0 Å². The topological polar surface area (TPSA) is 32.3 Å². The van der Waals surface area contributed by atoms with Gasteiger partial charge in [-0.3, -0.25) is 0 Å². The third-order valence-electron chi connectivity index (χ3n) is 3.45. The van der Waals surface area contributed by atoms with Crippen molar-refractivity contribution in [2.45, 2.75) is 25.2 Å². The van der Waals surface area contributed by atoms with Crippen molar-refractivity contribution in [3.63, 3.8) is 0 Å². The lowest BCUT2D eigenvalue weighted by Gasteiger charge is -2.18. The van der Waals surface area contributed by atoms with Crippen LogP contribution in [0.2, 0.25) is 0 Å². The Labute approximate surface area is 127 Å². The lowest BCUT2D eigenvalue weighted by atomic mass is 10.0. The SMILES string of the molecule is OCC[C@@H](NCc1ccc(C(F)(F)F)cc1)c1ccccc1. The lowest BCUT2D eigenvalue weighted by molar-refractivity contribution is -0.137. The van der Waals surface area contributed by atoms with Gasteiger partial charge in [0.05, 0.1) is 5.56 Å². The van der Waals surface area contributed by atoms with Crippen LogP contribution in [-0.2, 0) is 12.7 Å². The van der Waals surface area contributed by atoms with E-state index in [1.54, 1.807) is 0 Å². The molecule has 0 amide bonds. The Kier molecular flexibility index (Phi) is 5.57. The Morgan fingerprint density at radius 1 is 0.955 bits per heavy atom. The zero-order valence-corrected chi connectivity index (χ0v) is 12.0. The number of aliphatic hydroxyl groups excluding tert-OH is 1. The van der Waals surface area contributed by atoms with Gasteiger partial charge < -0.3 is 10.4 Å². The van der Waals surface area contributed by atoms with Crippen LogP contribution in [-0.4, -0.2) is 11.7 Å². The molecule has 2 aromatic carbocycles. The molecule has 0 bridgehead atoms. The molecule has 0 spiro atoms. The van der Waals surface area contributed by atoms with E-state index < -0.39 is 11.7 Å². The van der Waals surface area contributed by atoms with Gasteiger partial charge in [0.1, 0.15) is 0 Å². The Bertz CT molecular complexity index is 567. The van der Waals surface area contributed by atoms with E-state index in [1.165, 1.54) is 12.1 Å². The minimum absolute atomic E-state index is 0.0338. The summed E-state index contributed by atoms with van der Waals surface area (Å²) in [6, 6.07) is 14.7. The first-order valence-electron chi connectivity index (χ1n) is 7.06. The van der Waals surface area contributed by atoms with Crippen LogP contribution >= 0.6 is 0 Å². The summed E-state index contributed by atoms with van der Waals surface area (Å²) in [4.78, 5) is 0. The summed E-state index contributed by atoms with van der Waals surface area (Å²) >= 11 is 0. The molecular weight excluding hydrogens is 291 g/mol. The average molecular weight is 309 g/mol. The Morgan fingerprint density at radius 3 is 2.14 bits per heavy atom. The van der Waals surface area contributed by atoms with Gasteiger partial charge in [0.15, 0.2) is 0 Å². The van der Waals surface area contributed by atoms with Gasteiger partial charge in [-0.2, -0.15) is 13.2 Å². The van der Waals surface area contributed by atoms with Crippen LogP contribution in [0.3, 0.4) is 0 Å². The molecule has 1 atom stereocenters. The summed E-state index contributed by atoms with van der Waals surface area (Å²) in [5.41, 5.74) is 1.17.